The minimum absolute atomic E-state index is 0. The van der Waals surface area contributed by atoms with E-state index in [4.69, 9.17) is 0 Å². The molecule has 1 unspecified atom stereocenters. The molecule has 1 aromatic rings. The predicted octanol–water partition coefficient (Wildman–Crippen LogP) is 2.72. The summed E-state index contributed by atoms with van der Waals surface area (Å²) in [4.78, 5) is 30.6. The molecule has 1 aromatic heterocycles. The number of halogens is 2. The lowest BCUT2D eigenvalue weighted by Gasteiger charge is -2.32. The molecule has 1 aliphatic heterocycles. The van der Waals surface area contributed by atoms with E-state index in [0.29, 0.717) is 17.6 Å². The molecule has 2 rings (SSSR count). The van der Waals surface area contributed by atoms with Crippen molar-refractivity contribution in [3.05, 3.63) is 11.1 Å². The van der Waals surface area contributed by atoms with E-state index in [1.807, 2.05) is 38.1 Å². The molecule has 0 aliphatic carbocycles. The van der Waals surface area contributed by atoms with Gasteiger partial charge in [0.05, 0.1) is 12.1 Å². The van der Waals surface area contributed by atoms with Gasteiger partial charge in [0.2, 0.25) is 11.8 Å². The molecule has 2 heterocycles. The molecule has 2 N–H and O–H groups in total. The minimum Gasteiger partial charge on any atom is -0.341 e. The highest BCUT2D eigenvalue weighted by atomic mass is 35.5. The van der Waals surface area contributed by atoms with E-state index in [9.17, 15) is 9.59 Å². The third-order valence-electron chi connectivity index (χ3n) is 3.97. The average molecular weight is 411 g/mol. The van der Waals surface area contributed by atoms with E-state index in [1.54, 1.807) is 0 Å². The Balaban J connectivity index is 0.00000288. The van der Waals surface area contributed by atoms with Crippen LogP contribution in [0.2, 0.25) is 0 Å². The van der Waals surface area contributed by atoms with Crippen molar-refractivity contribution in [1.29, 1.82) is 0 Å². The number of thiazole rings is 1. The lowest BCUT2D eigenvalue weighted by molar-refractivity contribution is -0.131. The first kappa shape index (κ1) is 24.1. The van der Waals surface area contributed by atoms with Crippen LogP contribution in [0.4, 0.5) is 5.13 Å². The van der Waals surface area contributed by atoms with Gasteiger partial charge in [0, 0.05) is 29.9 Å². The molecule has 25 heavy (non-hydrogen) atoms. The van der Waals surface area contributed by atoms with E-state index in [2.05, 4.69) is 15.6 Å². The Morgan fingerprint density at radius 2 is 2.04 bits per heavy atom. The second kappa shape index (κ2) is 10.3. The van der Waals surface area contributed by atoms with E-state index < -0.39 is 5.41 Å². The van der Waals surface area contributed by atoms with Crippen LogP contribution in [0, 0.1) is 5.41 Å². The van der Waals surface area contributed by atoms with Crippen LogP contribution < -0.4 is 10.6 Å². The summed E-state index contributed by atoms with van der Waals surface area (Å²) in [5.41, 5.74) is 0.258. The Hall–Kier alpha value is -0.890. The molecule has 0 spiro atoms. The molecule has 6 nitrogen and oxygen atoms in total. The van der Waals surface area contributed by atoms with Gasteiger partial charge in [-0.2, -0.15) is 0 Å². The molecule has 0 saturated carbocycles. The number of hydrogen-bond donors (Lipinski definition) is 2. The molecule has 0 bridgehead atoms. The Labute approximate surface area is 166 Å². The Morgan fingerprint density at radius 3 is 2.64 bits per heavy atom. The summed E-state index contributed by atoms with van der Waals surface area (Å²) in [6.07, 6.45) is 2.43. The van der Waals surface area contributed by atoms with Crippen molar-refractivity contribution < 1.29 is 9.59 Å². The molecule has 1 aliphatic rings. The Kier molecular flexibility index (Phi) is 9.94. The molecule has 9 heteroatoms. The highest BCUT2D eigenvalue weighted by molar-refractivity contribution is 7.13. The molecule has 144 valence electrons. The number of amides is 2. The lowest BCUT2D eigenvalue weighted by Crippen LogP contribution is -2.47. The van der Waals surface area contributed by atoms with Crippen LogP contribution in [-0.4, -0.2) is 47.9 Å². The fraction of sp³-hybridized carbons (Fsp3) is 0.688. The van der Waals surface area contributed by atoms with Gasteiger partial charge in [0.25, 0.3) is 0 Å². The Morgan fingerprint density at radius 1 is 1.36 bits per heavy atom. The van der Waals surface area contributed by atoms with E-state index in [0.717, 1.165) is 31.6 Å². The van der Waals surface area contributed by atoms with Gasteiger partial charge in [-0.3, -0.25) is 9.59 Å². The zero-order valence-corrected chi connectivity index (χ0v) is 17.6. The van der Waals surface area contributed by atoms with Crippen molar-refractivity contribution in [2.24, 2.45) is 5.41 Å². The second-order valence-electron chi connectivity index (χ2n) is 6.99. The lowest BCUT2D eigenvalue weighted by atomic mass is 9.96. The summed E-state index contributed by atoms with van der Waals surface area (Å²) in [6, 6.07) is 0.379. The molecule has 0 aromatic carbocycles. The highest BCUT2D eigenvalue weighted by Gasteiger charge is 2.24. The highest BCUT2D eigenvalue weighted by Crippen LogP contribution is 2.21. The SMILES string of the molecule is CNC1CCCN(C(=O)Cc2csc(NC(=O)C(C)(C)C)n2)C1.Cl.Cl. The number of rotatable bonds is 4. The summed E-state index contributed by atoms with van der Waals surface area (Å²) in [5.74, 6) is 0.0292. The Bertz CT molecular complexity index is 575. The molecule has 1 atom stereocenters. The smallest absolute Gasteiger partial charge is 0.231 e. The van der Waals surface area contributed by atoms with E-state index >= 15 is 0 Å². The zero-order valence-electron chi connectivity index (χ0n) is 15.1. The maximum Gasteiger partial charge on any atom is 0.231 e. The summed E-state index contributed by atoms with van der Waals surface area (Å²) in [5, 5.41) is 8.44. The molecular formula is C16H28Cl2N4O2S. The zero-order chi connectivity index (χ0) is 17.0. The van der Waals surface area contributed by atoms with Crippen LogP contribution in [0.3, 0.4) is 0 Å². The second-order valence-corrected chi connectivity index (χ2v) is 7.85. The van der Waals surface area contributed by atoms with Crippen LogP contribution in [-0.2, 0) is 16.0 Å². The van der Waals surface area contributed by atoms with Gasteiger partial charge in [-0.1, -0.05) is 20.8 Å². The average Bonchev–Trinajstić information content (AvgIpc) is 2.93. The topological polar surface area (TPSA) is 74.3 Å². The van der Waals surface area contributed by atoms with Crippen molar-refractivity contribution in [3.8, 4) is 0 Å². The number of anilines is 1. The normalized spacial score (nSPS) is 17.3. The third kappa shape index (κ3) is 7.09. The third-order valence-corrected chi connectivity index (χ3v) is 4.77. The van der Waals surface area contributed by atoms with Crippen LogP contribution in [0.5, 0.6) is 0 Å². The van der Waals surface area contributed by atoms with Gasteiger partial charge in [0.1, 0.15) is 0 Å². The first-order valence-corrected chi connectivity index (χ1v) is 8.88. The maximum atomic E-state index is 12.4. The van der Waals surface area contributed by atoms with Crippen LogP contribution in [0.15, 0.2) is 5.38 Å². The summed E-state index contributed by atoms with van der Waals surface area (Å²) in [7, 11) is 1.93. The van der Waals surface area contributed by atoms with E-state index in [-0.39, 0.29) is 36.6 Å². The van der Waals surface area contributed by atoms with Crippen molar-refractivity contribution in [2.75, 3.05) is 25.5 Å². The summed E-state index contributed by atoms with van der Waals surface area (Å²) >= 11 is 1.36. The number of likely N-dealkylation sites (tertiary alicyclic amines) is 1. The molecule has 0 radical (unpaired) electrons. The molecule has 1 saturated heterocycles. The van der Waals surface area contributed by atoms with Crippen molar-refractivity contribution in [1.82, 2.24) is 15.2 Å². The van der Waals surface area contributed by atoms with Crippen molar-refractivity contribution in [2.45, 2.75) is 46.1 Å². The number of piperidine rings is 1. The monoisotopic (exact) mass is 410 g/mol. The number of hydrogen-bond acceptors (Lipinski definition) is 5. The number of carbonyl (C=O) groups excluding carboxylic acids is 2. The van der Waals surface area contributed by atoms with Gasteiger partial charge in [-0.15, -0.1) is 36.2 Å². The number of nitrogens with zero attached hydrogens (tertiary/aromatic N) is 2. The van der Waals surface area contributed by atoms with Crippen LogP contribution in [0.1, 0.15) is 39.3 Å². The van der Waals surface area contributed by atoms with Gasteiger partial charge >= 0.3 is 0 Å². The first-order valence-electron chi connectivity index (χ1n) is 8.00. The molecular weight excluding hydrogens is 383 g/mol. The quantitative estimate of drug-likeness (QED) is 0.799. The number of carbonyl (C=O) groups is 2. The van der Waals surface area contributed by atoms with E-state index in [1.165, 1.54) is 11.3 Å². The largest absolute Gasteiger partial charge is 0.341 e. The molecule has 1 fully saturated rings. The first-order chi connectivity index (χ1) is 10.8. The fourth-order valence-corrected chi connectivity index (χ4v) is 3.14. The fourth-order valence-electron chi connectivity index (χ4n) is 2.44. The number of likely N-dealkylation sites (N-methyl/N-ethyl adjacent to an activating group) is 1. The van der Waals surface area contributed by atoms with Gasteiger partial charge in [0.15, 0.2) is 5.13 Å². The van der Waals surface area contributed by atoms with Crippen LogP contribution >= 0.6 is 36.2 Å². The van der Waals surface area contributed by atoms with Gasteiger partial charge in [-0.05, 0) is 19.9 Å². The molecule has 2 amide bonds. The number of aromatic nitrogens is 1. The predicted molar refractivity (Wildman–Crippen MR) is 107 cm³/mol. The summed E-state index contributed by atoms with van der Waals surface area (Å²) < 4.78 is 0. The van der Waals surface area contributed by atoms with Crippen molar-refractivity contribution in [3.63, 3.8) is 0 Å². The van der Waals surface area contributed by atoms with Crippen LogP contribution in [0.25, 0.3) is 0 Å². The summed E-state index contributed by atoms with van der Waals surface area (Å²) in [6.45, 7) is 7.14. The van der Waals surface area contributed by atoms with Gasteiger partial charge in [-0.25, -0.2) is 4.98 Å². The number of nitrogens with one attached hydrogen (secondary N) is 2. The van der Waals surface area contributed by atoms with Gasteiger partial charge < -0.3 is 15.5 Å². The maximum absolute atomic E-state index is 12.4. The van der Waals surface area contributed by atoms with Crippen molar-refractivity contribution >= 4 is 53.1 Å². The minimum atomic E-state index is -0.461. The standard InChI is InChI=1S/C16H26N4O2S.2ClH/c1-16(2,3)14(22)19-15-18-12(10-23-15)8-13(21)20-7-5-6-11(9-20)17-4;;/h10-11,17H,5-9H2,1-4H3,(H,18,19,22);2*1H.